The lowest BCUT2D eigenvalue weighted by molar-refractivity contribution is -0.141. The van der Waals surface area contributed by atoms with Gasteiger partial charge in [-0.15, -0.1) is 0 Å². The second-order valence-corrected chi connectivity index (χ2v) is 9.27. The van der Waals surface area contributed by atoms with E-state index in [0.29, 0.717) is 57.4 Å². The predicted octanol–water partition coefficient (Wildman–Crippen LogP) is 5.10. The molecule has 0 atom stereocenters. The van der Waals surface area contributed by atoms with Crippen LogP contribution in [0.2, 0.25) is 0 Å². The van der Waals surface area contributed by atoms with Gasteiger partial charge in [-0.2, -0.15) is 5.26 Å². The molecule has 6 heteroatoms. The highest BCUT2D eigenvalue weighted by Crippen LogP contribution is 2.23. The fraction of sp³-hybridized carbons (Fsp3) is 0.300. The van der Waals surface area contributed by atoms with E-state index in [2.05, 4.69) is 6.07 Å². The Balaban J connectivity index is 1.38. The van der Waals surface area contributed by atoms with E-state index in [9.17, 15) is 14.0 Å². The number of carbonyl (C=O) groups is 2. The van der Waals surface area contributed by atoms with Gasteiger partial charge in [0.25, 0.3) is 0 Å². The van der Waals surface area contributed by atoms with Gasteiger partial charge < -0.3 is 9.80 Å². The molecule has 3 aromatic carbocycles. The number of hydrogen-bond donors (Lipinski definition) is 0. The maximum absolute atomic E-state index is 13.8. The molecule has 1 saturated heterocycles. The van der Waals surface area contributed by atoms with Crippen molar-refractivity contribution in [1.29, 1.82) is 5.26 Å². The summed E-state index contributed by atoms with van der Waals surface area (Å²) in [5.41, 5.74) is 3.34. The van der Waals surface area contributed by atoms with E-state index < -0.39 is 0 Å². The third-order valence-electron chi connectivity index (χ3n) is 6.70. The van der Waals surface area contributed by atoms with Crippen LogP contribution in [0.3, 0.4) is 0 Å². The molecule has 0 unspecified atom stereocenters. The minimum absolute atomic E-state index is 0.0139. The van der Waals surface area contributed by atoms with Crippen LogP contribution in [0.15, 0.2) is 78.9 Å². The molecule has 1 heterocycles. The zero-order chi connectivity index (χ0) is 25.3. The standard InChI is InChI=1S/C30H30FN3O2/c31-28-8-4-7-26(19-28)22-34(21-25-11-9-24(20-32)10-12-25)30(36)27-15-17-33(18-16-27)29(35)14-13-23-5-2-1-3-6-23/h1-12,19,27H,13-18,21-22H2. The minimum atomic E-state index is -0.333. The van der Waals surface area contributed by atoms with Gasteiger partial charge in [-0.1, -0.05) is 54.6 Å². The highest BCUT2D eigenvalue weighted by molar-refractivity contribution is 5.80. The summed E-state index contributed by atoms with van der Waals surface area (Å²) >= 11 is 0. The van der Waals surface area contributed by atoms with Gasteiger partial charge in [0.05, 0.1) is 11.6 Å². The molecule has 184 valence electrons. The number of nitrogens with zero attached hydrogens (tertiary/aromatic N) is 3. The van der Waals surface area contributed by atoms with Gasteiger partial charge in [0.15, 0.2) is 0 Å². The van der Waals surface area contributed by atoms with Gasteiger partial charge in [0.1, 0.15) is 5.82 Å². The molecule has 0 radical (unpaired) electrons. The molecular weight excluding hydrogens is 453 g/mol. The van der Waals surface area contributed by atoms with Crippen LogP contribution in [0.4, 0.5) is 4.39 Å². The average Bonchev–Trinajstić information content (AvgIpc) is 2.92. The third-order valence-corrected chi connectivity index (χ3v) is 6.70. The molecular formula is C30H30FN3O2. The Hall–Kier alpha value is -3.98. The van der Waals surface area contributed by atoms with Crippen molar-refractivity contribution in [3.8, 4) is 6.07 Å². The first-order chi connectivity index (χ1) is 17.5. The molecule has 3 aromatic rings. The first-order valence-corrected chi connectivity index (χ1v) is 12.4. The smallest absolute Gasteiger partial charge is 0.226 e. The molecule has 5 nitrogen and oxygen atoms in total. The normalized spacial score (nSPS) is 13.7. The topological polar surface area (TPSA) is 64.4 Å². The Kier molecular flexibility index (Phi) is 8.46. The molecule has 4 rings (SSSR count). The third kappa shape index (κ3) is 6.79. The lowest BCUT2D eigenvalue weighted by atomic mass is 9.94. The van der Waals surface area contributed by atoms with Gasteiger partial charge >= 0.3 is 0 Å². The highest BCUT2D eigenvalue weighted by Gasteiger charge is 2.30. The number of rotatable bonds is 8. The maximum atomic E-state index is 13.8. The molecule has 0 aromatic heterocycles. The minimum Gasteiger partial charge on any atom is -0.343 e. The van der Waals surface area contributed by atoms with Gasteiger partial charge in [-0.25, -0.2) is 4.39 Å². The predicted molar refractivity (Wildman–Crippen MR) is 136 cm³/mol. The average molecular weight is 484 g/mol. The van der Waals surface area contributed by atoms with E-state index in [1.165, 1.54) is 12.1 Å². The summed E-state index contributed by atoms with van der Waals surface area (Å²) in [5.74, 6) is -0.380. The monoisotopic (exact) mass is 483 g/mol. The Morgan fingerprint density at radius 3 is 2.22 bits per heavy atom. The number of benzene rings is 3. The lowest BCUT2D eigenvalue weighted by Gasteiger charge is -2.34. The van der Waals surface area contributed by atoms with Crippen LogP contribution in [0.5, 0.6) is 0 Å². The molecule has 1 aliphatic heterocycles. The number of nitriles is 1. The Labute approximate surface area is 211 Å². The molecule has 2 amide bonds. The quantitative estimate of drug-likeness (QED) is 0.448. The maximum Gasteiger partial charge on any atom is 0.226 e. The largest absolute Gasteiger partial charge is 0.343 e. The summed E-state index contributed by atoms with van der Waals surface area (Å²) in [4.78, 5) is 29.9. The molecule has 0 spiro atoms. The molecule has 36 heavy (non-hydrogen) atoms. The summed E-state index contributed by atoms with van der Waals surface area (Å²) in [5, 5.41) is 9.06. The van der Waals surface area contributed by atoms with Crippen LogP contribution in [0, 0.1) is 23.1 Å². The second-order valence-electron chi connectivity index (χ2n) is 9.27. The van der Waals surface area contributed by atoms with Crippen molar-refractivity contribution in [3.63, 3.8) is 0 Å². The zero-order valence-electron chi connectivity index (χ0n) is 20.3. The summed E-state index contributed by atoms with van der Waals surface area (Å²) in [6.07, 6.45) is 2.41. The Morgan fingerprint density at radius 2 is 1.56 bits per heavy atom. The van der Waals surface area contributed by atoms with Crippen LogP contribution in [-0.4, -0.2) is 34.7 Å². The number of piperidine rings is 1. The molecule has 1 aliphatic rings. The van der Waals surface area contributed by atoms with Crippen LogP contribution in [0.1, 0.15) is 41.5 Å². The summed E-state index contributed by atoms with van der Waals surface area (Å²) in [6.45, 7) is 1.80. The van der Waals surface area contributed by atoms with Crippen molar-refractivity contribution in [1.82, 2.24) is 9.80 Å². The van der Waals surface area contributed by atoms with Crippen molar-refractivity contribution in [2.24, 2.45) is 5.92 Å². The SMILES string of the molecule is N#Cc1ccc(CN(Cc2cccc(F)c2)C(=O)C2CCN(C(=O)CCc3ccccc3)CC2)cc1. The Morgan fingerprint density at radius 1 is 0.889 bits per heavy atom. The first kappa shape index (κ1) is 25.1. The number of aryl methyl sites for hydroxylation is 1. The lowest BCUT2D eigenvalue weighted by Crippen LogP contribution is -2.44. The van der Waals surface area contributed by atoms with Crippen molar-refractivity contribution >= 4 is 11.8 Å². The molecule has 0 bridgehead atoms. The fourth-order valence-corrected chi connectivity index (χ4v) is 4.66. The molecule has 0 saturated carbocycles. The summed E-state index contributed by atoms with van der Waals surface area (Å²) < 4.78 is 13.8. The number of amides is 2. The number of carbonyl (C=O) groups excluding carboxylic acids is 2. The summed E-state index contributed by atoms with van der Waals surface area (Å²) in [6, 6.07) is 25.5. The Bertz CT molecular complexity index is 1210. The first-order valence-electron chi connectivity index (χ1n) is 12.4. The van der Waals surface area contributed by atoms with E-state index >= 15 is 0 Å². The van der Waals surface area contributed by atoms with Crippen molar-refractivity contribution < 1.29 is 14.0 Å². The van der Waals surface area contributed by atoms with E-state index in [0.717, 1.165) is 16.7 Å². The molecule has 0 aliphatic carbocycles. The van der Waals surface area contributed by atoms with E-state index in [-0.39, 0.29) is 23.5 Å². The van der Waals surface area contributed by atoms with Crippen molar-refractivity contribution in [2.45, 2.75) is 38.8 Å². The van der Waals surface area contributed by atoms with Crippen LogP contribution < -0.4 is 0 Å². The fourth-order valence-electron chi connectivity index (χ4n) is 4.66. The van der Waals surface area contributed by atoms with Crippen LogP contribution in [0.25, 0.3) is 0 Å². The van der Waals surface area contributed by atoms with Crippen molar-refractivity contribution in [3.05, 3.63) is 107 Å². The molecule has 1 fully saturated rings. The van der Waals surface area contributed by atoms with Crippen LogP contribution >= 0.6 is 0 Å². The van der Waals surface area contributed by atoms with E-state index in [1.807, 2.05) is 53.4 Å². The number of likely N-dealkylation sites (tertiary alicyclic amines) is 1. The number of hydrogen-bond acceptors (Lipinski definition) is 3. The van der Waals surface area contributed by atoms with E-state index in [4.69, 9.17) is 5.26 Å². The molecule has 0 N–H and O–H groups in total. The second kappa shape index (κ2) is 12.1. The van der Waals surface area contributed by atoms with Crippen LogP contribution in [-0.2, 0) is 29.1 Å². The zero-order valence-corrected chi connectivity index (χ0v) is 20.3. The van der Waals surface area contributed by atoms with Gasteiger partial charge in [0, 0.05) is 38.5 Å². The van der Waals surface area contributed by atoms with Gasteiger partial charge in [-0.3, -0.25) is 9.59 Å². The van der Waals surface area contributed by atoms with E-state index in [1.54, 1.807) is 23.1 Å². The van der Waals surface area contributed by atoms with Gasteiger partial charge in [-0.05, 0) is 60.2 Å². The van der Waals surface area contributed by atoms with Gasteiger partial charge in [0.2, 0.25) is 11.8 Å². The number of halogens is 1. The highest BCUT2D eigenvalue weighted by atomic mass is 19.1. The summed E-state index contributed by atoms with van der Waals surface area (Å²) in [7, 11) is 0. The van der Waals surface area contributed by atoms with Crippen molar-refractivity contribution in [2.75, 3.05) is 13.1 Å².